The molecule has 0 amide bonds. The van der Waals surface area contributed by atoms with Crippen LogP contribution in [0.15, 0.2) is 29.3 Å². The predicted octanol–water partition coefficient (Wildman–Crippen LogP) is 1.09. The topological polar surface area (TPSA) is 81.8 Å². The number of carbonyl (C=O) groups is 1. The van der Waals surface area contributed by atoms with Crippen LogP contribution >= 0.6 is 0 Å². The second-order valence-electron chi connectivity index (χ2n) is 3.38. The average Bonchev–Trinajstić information content (AvgIpc) is 2.32. The molecule has 0 saturated heterocycles. The minimum Gasteiger partial charge on any atom is -0.465 e. The zero-order valence-electron chi connectivity index (χ0n) is 9.39. The second-order valence-corrected chi connectivity index (χ2v) is 3.38. The van der Waals surface area contributed by atoms with Crippen LogP contribution in [0.1, 0.15) is 12.0 Å². The number of ether oxygens (including phenoxy) is 1. The maximum absolute atomic E-state index is 11.0. The Balaban J connectivity index is 2.37. The summed E-state index contributed by atoms with van der Waals surface area (Å²) in [5.74, 6) is -0.283. The Hall–Kier alpha value is -1.97. The second kappa shape index (κ2) is 7.33. The molecule has 5 nitrogen and oxygen atoms in total. The van der Waals surface area contributed by atoms with Crippen molar-refractivity contribution in [1.29, 1.82) is 0 Å². The molecule has 1 rings (SSSR count). The van der Waals surface area contributed by atoms with E-state index in [1.54, 1.807) is 12.1 Å². The highest BCUT2D eigenvalue weighted by Gasteiger charge is 2.00. The lowest BCUT2D eigenvalue weighted by Crippen LogP contribution is -2.12. The van der Waals surface area contributed by atoms with Crippen LogP contribution in [0, 0.1) is 0 Å². The Labute approximate surface area is 99.3 Å². The summed E-state index contributed by atoms with van der Waals surface area (Å²) in [4.78, 5) is 24.5. The average molecular weight is 234 g/mol. The molecule has 0 saturated carbocycles. The summed E-state index contributed by atoms with van der Waals surface area (Å²) in [6.45, 7) is 0.631. The van der Waals surface area contributed by atoms with Crippen molar-refractivity contribution in [2.24, 2.45) is 10.7 Å². The number of benzene rings is 1. The zero-order valence-corrected chi connectivity index (χ0v) is 9.39. The molecule has 0 aromatic heterocycles. The Morgan fingerprint density at radius 3 is 2.65 bits per heavy atom. The fraction of sp³-hybridized carbons (Fsp3) is 0.333. The number of esters is 1. The highest BCUT2D eigenvalue weighted by molar-refractivity contribution is 5.69. The van der Waals surface area contributed by atoms with E-state index in [0.717, 1.165) is 5.56 Å². The van der Waals surface area contributed by atoms with Gasteiger partial charge in [0.15, 0.2) is 0 Å². The van der Waals surface area contributed by atoms with Crippen molar-refractivity contribution < 1.29 is 14.3 Å². The monoisotopic (exact) mass is 234 g/mol. The Bertz CT molecular complexity index is 408. The summed E-state index contributed by atoms with van der Waals surface area (Å²) in [6, 6.07) is 7.07. The molecule has 0 fully saturated rings. The van der Waals surface area contributed by atoms with Crippen LogP contribution in [0.5, 0.6) is 0 Å². The van der Waals surface area contributed by atoms with Crippen LogP contribution in [0.4, 0.5) is 5.69 Å². The van der Waals surface area contributed by atoms with Gasteiger partial charge in [0.2, 0.25) is 6.08 Å². The third-order valence-electron chi connectivity index (χ3n) is 2.11. The van der Waals surface area contributed by atoms with Gasteiger partial charge in [-0.2, -0.15) is 4.99 Å². The number of aliphatic imine (C=N–C) groups is 1. The first kappa shape index (κ1) is 13.1. The van der Waals surface area contributed by atoms with Gasteiger partial charge in [-0.25, -0.2) is 4.79 Å². The summed E-state index contributed by atoms with van der Waals surface area (Å²) >= 11 is 0. The van der Waals surface area contributed by atoms with Crippen molar-refractivity contribution in [2.75, 3.05) is 13.2 Å². The molecule has 0 aliphatic rings. The molecule has 0 bridgehead atoms. The molecular weight excluding hydrogens is 220 g/mol. The van der Waals surface area contributed by atoms with Crippen LogP contribution in [0.2, 0.25) is 0 Å². The van der Waals surface area contributed by atoms with E-state index in [1.165, 1.54) is 6.08 Å². The SMILES string of the molecule is NCCC(=O)OCCc1ccc(N=C=O)cc1. The molecule has 2 N–H and O–H groups in total. The van der Waals surface area contributed by atoms with Crippen molar-refractivity contribution in [3.05, 3.63) is 29.8 Å². The number of carbonyl (C=O) groups excluding carboxylic acids is 2. The van der Waals surface area contributed by atoms with Gasteiger partial charge in [-0.1, -0.05) is 12.1 Å². The largest absolute Gasteiger partial charge is 0.465 e. The van der Waals surface area contributed by atoms with E-state index in [-0.39, 0.29) is 12.4 Å². The molecule has 0 atom stereocenters. The van der Waals surface area contributed by atoms with Gasteiger partial charge in [0, 0.05) is 13.0 Å². The molecule has 17 heavy (non-hydrogen) atoms. The predicted molar refractivity (Wildman–Crippen MR) is 62.6 cm³/mol. The Kier molecular flexibility index (Phi) is 5.64. The lowest BCUT2D eigenvalue weighted by atomic mass is 10.1. The minimum atomic E-state index is -0.283. The number of nitrogens with two attached hydrogens (primary N) is 1. The molecule has 0 aliphatic heterocycles. The highest BCUT2D eigenvalue weighted by atomic mass is 16.5. The molecule has 5 heteroatoms. The van der Waals surface area contributed by atoms with Crippen molar-refractivity contribution >= 4 is 17.7 Å². The molecule has 90 valence electrons. The van der Waals surface area contributed by atoms with Crippen LogP contribution in [0.25, 0.3) is 0 Å². The minimum absolute atomic E-state index is 0.243. The van der Waals surface area contributed by atoms with Gasteiger partial charge >= 0.3 is 5.97 Å². The lowest BCUT2D eigenvalue weighted by molar-refractivity contribution is -0.143. The normalized spacial score (nSPS) is 9.47. The summed E-state index contributed by atoms with van der Waals surface area (Å²) in [7, 11) is 0. The molecule has 0 aliphatic carbocycles. The smallest absolute Gasteiger partial charge is 0.307 e. The highest BCUT2D eigenvalue weighted by Crippen LogP contribution is 2.12. The summed E-state index contributed by atoms with van der Waals surface area (Å²) in [5, 5.41) is 0. The van der Waals surface area contributed by atoms with Crippen molar-refractivity contribution in [3.8, 4) is 0 Å². The summed E-state index contributed by atoms with van der Waals surface area (Å²) in [6.07, 6.45) is 2.34. The zero-order chi connectivity index (χ0) is 12.5. The van der Waals surface area contributed by atoms with Crippen molar-refractivity contribution in [3.63, 3.8) is 0 Å². The Morgan fingerprint density at radius 2 is 2.06 bits per heavy atom. The van der Waals surface area contributed by atoms with Crippen molar-refractivity contribution in [2.45, 2.75) is 12.8 Å². The molecule has 1 aromatic carbocycles. The lowest BCUT2D eigenvalue weighted by Gasteiger charge is -2.04. The van der Waals surface area contributed by atoms with Crippen molar-refractivity contribution in [1.82, 2.24) is 0 Å². The van der Waals surface area contributed by atoms with E-state index in [1.807, 2.05) is 12.1 Å². The fourth-order valence-electron chi connectivity index (χ4n) is 1.26. The molecule has 0 radical (unpaired) electrons. The van der Waals surface area contributed by atoms with Gasteiger partial charge in [-0.15, -0.1) is 0 Å². The van der Waals surface area contributed by atoms with Crippen LogP contribution in [0.3, 0.4) is 0 Å². The molecular formula is C12H14N2O3. The molecule has 0 heterocycles. The number of rotatable bonds is 6. The van der Waals surface area contributed by atoms with E-state index in [0.29, 0.717) is 25.3 Å². The van der Waals surface area contributed by atoms with Gasteiger partial charge in [0.25, 0.3) is 0 Å². The third kappa shape index (κ3) is 5.06. The summed E-state index contributed by atoms with van der Waals surface area (Å²) < 4.78 is 4.96. The van der Waals surface area contributed by atoms with E-state index in [2.05, 4.69) is 4.99 Å². The van der Waals surface area contributed by atoms with E-state index in [4.69, 9.17) is 10.5 Å². The van der Waals surface area contributed by atoms with Crippen LogP contribution < -0.4 is 5.73 Å². The summed E-state index contributed by atoms with van der Waals surface area (Å²) in [5.41, 5.74) is 6.78. The first-order valence-electron chi connectivity index (χ1n) is 5.28. The number of hydrogen-bond donors (Lipinski definition) is 1. The van der Waals surface area contributed by atoms with Gasteiger partial charge in [-0.3, -0.25) is 4.79 Å². The van der Waals surface area contributed by atoms with Crippen LogP contribution in [-0.2, 0) is 20.7 Å². The van der Waals surface area contributed by atoms with Crippen LogP contribution in [-0.4, -0.2) is 25.2 Å². The Morgan fingerprint density at radius 1 is 1.35 bits per heavy atom. The fourth-order valence-corrected chi connectivity index (χ4v) is 1.26. The maximum Gasteiger partial charge on any atom is 0.307 e. The molecule has 1 aromatic rings. The van der Waals surface area contributed by atoms with E-state index < -0.39 is 0 Å². The van der Waals surface area contributed by atoms with Gasteiger partial charge < -0.3 is 10.5 Å². The van der Waals surface area contributed by atoms with Gasteiger partial charge in [0.1, 0.15) is 0 Å². The molecule has 0 spiro atoms. The number of hydrogen-bond acceptors (Lipinski definition) is 5. The third-order valence-corrected chi connectivity index (χ3v) is 2.11. The van der Waals surface area contributed by atoms with E-state index >= 15 is 0 Å². The first-order chi connectivity index (χ1) is 8.26. The van der Waals surface area contributed by atoms with Gasteiger partial charge in [-0.05, 0) is 17.7 Å². The van der Waals surface area contributed by atoms with Gasteiger partial charge in [0.05, 0.1) is 18.7 Å². The maximum atomic E-state index is 11.0. The first-order valence-corrected chi connectivity index (χ1v) is 5.28. The standard InChI is InChI=1S/C12H14N2O3/c13-7-5-12(16)17-8-6-10-1-3-11(4-2-10)14-9-15/h1-4H,5-8,13H2. The number of nitrogens with zero attached hydrogens (tertiary/aromatic N) is 1. The quantitative estimate of drug-likeness (QED) is 0.453. The molecule has 0 unspecified atom stereocenters. The van der Waals surface area contributed by atoms with E-state index in [9.17, 15) is 9.59 Å². The number of isocyanates is 1.